The molecule has 0 atom stereocenters. The summed E-state index contributed by atoms with van der Waals surface area (Å²) in [5.74, 6) is 0. The van der Waals surface area contributed by atoms with Crippen LogP contribution in [0.25, 0.3) is 11.0 Å². The Kier molecular flexibility index (Phi) is 4.38. The van der Waals surface area contributed by atoms with E-state index in [0.717, 1.165) is 11.0 Å². The van der Waals surface area contributed by atoms with Gasteiger partial charge in [0.05, 0.1) is 16.4 Å². The lowest BCUT2D eigenvalue weighted by atomic mass is 9.65. The summed E-state index contributed by atoms with van der Waals surface area (Å²) in [7, 11) is 0. The summed E-state index contributed by atoms with van der Waals surface area (Å²) < 4.78 is 0.635. The van der Waals surface area contributed by atoms with Crippen LogP contribution in [0.15, 0.2) is 109 Å². The summed E-state index contributed by atoms with van der Waals surface area (Å²) in [5, 5.41) is 0. The maximum Gasteiger partial charge on any atom is 0.175 e. The van der Waals surface area contributed by atoms with Crippen LogP contribution in [0.1, 0.15) is 22.3 Å². The maximum atomic E-state index is 5.43. The zero-order valence-corrected chi connectivity index (χ0v) is 16.6. The van der Waals surface area contributed by atoms with Gasteiger partial charge < -0.3 is 9.97 Å². The molecule has 0 saturated heterocycles. The molecule has 3 heteroatoms. The molecule has 29 heavy (non-hydrogen) atoms. The van der Waals surface area contributed by atoms with Crippen molar-refractivity contribution in [3.63, 3.8) is 0 Å². The van der Waals surface area contributed by atoms with Gasteiger partial charge in [-0.25, -0.2) is 0 Å². The van der Waals surface area contributed by atoms with E-state index in [0.29, 0.717) is 4.77 Å². The molecule has 0 aliphatic heterocycles. The molecule has 5 aromatic rings. The SMILES string of the molecule is S=c1[nH]c2cccc(C(c3ccccc3)(c3ccccc3)c3ccccc3)c2[nH]1. The van der Waals surface area contributed by atoms with E-state index in [4.69, 9.17) is 12.2 Å². The summed E-state index contributed by atoms with van der Waals surface area (Å²) in [6.07, 6.45) is 0. The van der Waals surface area contributed by atoms with Crippen LogP contribution in [0.3, 0.4) is 0 Å². The van der Waals surface area contributed by atoms with Crippen LogP contribution in [0.2, 0.25) is 0 Å². The molecule has 4 aromatic carbocycles. The lowest BCUT2D eigenvalue weighted by Crippen LogP contribution is -2.31. The molecule has 0 spiro atoms. The van der Waals surface area contributed by atoms with E-state index in [1.54, 1.807) is 0 Å². The number of imidazole rings is 1. The maximum absolute atomic E-state index is 5.43. The Hall–Kier alpha value is -3.43. The molecule has 140 valence electrons. The number of fused-ring (bicyclic) bond motifs is 1. The summed E-state index contributed by atoms with van der Waals surface area (Å²) in [4.78, 5) is 6.69. The van der Waals surface area contributed by atoms with Gasteiger partial charge in [-0.15, -0.1) is 0 Å². The van der Waals surface area contributed by atoms with Crippen molar-refractivity contribution in [1.82, 2.24) is 9.97 Å². The van der Waals surface area contributed by atoms with Gasteiger partial charge in [-0.2, -0.15) is 0 Å². The van der Waals surface area contributed by atoms with Crippen molar-refractivity contribution in [2.45, 2.75) is 5.41 Å². The molecule has 2 N–H and O–H groups in total. The highest BCUT2D eigenvalue weighted by atomic mass is 32.1. The van der Waals surface area contributed by atoms with Crippen LogP contribution < -0.4 is 0 Å². The van der Waals surface area contributed by atoms with Gasteiger partial charge in [0.2, 0.25) is 0 Å². The Morgan fingerprint density at radius 2 is 1.00 bits per heavy atom. The monoisotopic (exact) mass is 392 g/mol. The van der Waals surface area contributed by atoms with Crippen LogP contribution in [-0.2, 0) is 5.41 Å². The predicted molar refractivity (Wildman–Crippen MR) is 122 cm³/mol. The molecule has 0 unspecified atom stereocenters. The van der Waals surface area contributed by atoms with Gasteiger partial charge in [-0.3, -0.25) is 0 Å². The first-order chi connectivity index (χ1) is 14.3. The van der Waals surface area contributed by atoms with Crippen molar-refractivity contribution in [3.8, 4) is 0 Å². The second-order valence-corrected chi connectivity index (χ2v) is 7.56. The molecule has 1 heterocycles. The number of hydrogen-bond acceptors (Lipinski definition) is 1. The summed E-state index contributed by atoms with van der Waals surface area (Å²) in [6.45, 7) is 0. The average Bonchev–Trinajstić information content (AvgIpc) is 3.17. The summed E-state index contributed by atoms with van der Waals surface area (Å²) in [5.41, 5.74) is 6.38. The van der Waals surface area contributed by atoms with Crippen LogP contribution in [0.4, 0.5) is 0 Å². The Labute approximate surface area is 174 Å². The molecule has 2 nitrogen and oxygen atoms in total. The van der Waals surface area contributed by atoms with E-state index < -0.39 is 5.41 Å². The molecule has 5 rings (SSSR count). The standard InChI is InChI=1S/C26H20N2S/c29-25-27-23-18-10-17-22(24(23)28-25)26(19-11-4-1-5-12-19,20-13-6-2-7-14-20)21-15-8-3-9-16-21/h1-18H,(H2,27,28,29). The third kappa shape index (κ3) is 2.82. The first-order valence-corrected chi connectivity index (χ1v) is 10.1. The fourth-order valence-electron chi connectivity index (χ4n) is 4.40. The molecule has 0 bridgehead atoms. The van der Waals surface area contributed by atoms with Crippen molar-refractivity contribution in [1.29, 1.82) is 0 Å². The zero-order chi connectivity index (χ0) is 19.7. The fourth-order valence-corrected chi connectivity index (χ4v) is 4.61. The number of nitrogens with one attached hydrogen (secondary N) is 2. The summed E-state index contributed by atoms with van der Waals surface area (Å²) >= 11 is 5.43. The number of aromatic nitrogens is 2. The average molecular weight is 393 g/mol. The van der Waals surface area contributed by atoms with Gasteiger partial charge in [-0.1, -0.05) is 103 Å². The minimum absolute atomic E-state index is 0.482. The lowest BCUT2D eigenvalue weighted by Gasteiger charge is -2.37. The highest BCUT2D eigenvalue weighted by Gasteiger charge is 2.39. The molecule has 0 radical (unpaired) electrons. The molecular formula is C26H20N2S. The number of H-pyrrole nitrogens is 2. The Balaban J connectivity index is 2.00. The molecule has 1 aromatic heterocycles. The number of hydrogen-bond donors (Lipinski definition) is 2. The van der Waals surface area contributed by atoms with Crippen molar-refractivity contribution in [3.05, 3.63) is 136 Å². The van der Waals surface area contributed by atoms with E-state index in [2.05, 4.69) is 119 Å². The van der Waals surface area contributed by atoms with E-state index in [9.17, 15) is 0 Å². The van der Waals surface area contributed by atoms with Crippen molar-refractivity contribution in [2.24, 2.45) is 0 Å². The molecule has 0 aliphatic carbocycles. The minimum Gasteiger partial charge on any atom is -0.331 e. The van der Waals surface area contributed by atoms with Crippen LogP contribution in [0, 0.1) is 4.77 Å². The quantitative estimate of drug-likeness (QED) is 0.262. The van der Waals surface area contributed by atoms with Gasteiger partial charge in [-0.05, 0) is 40.5 Å². The lowest BCUT2D eigenvalue weighted by molar-refractivity contribution is 0.750. The number of rotatable bonds is 4. The molecular weight excluding hydrogens is 372 g/mol. The van der Waals surface area contributed by atoms with E-state index >= 15 is 0 Å². The fraction of sp³-hybridized carbons (Fsp3) is 0.0385. The van der Waals surface area contributed by atoms with Gasteiger partial charge in [0.25, 0.3) is 0 Å². The predicted octanol–water partition coefficient (Wildman–Crippen LogP) is 6.61. The number of benzene rings is 4. The smallest absolute Gasteiger partial charge is 0.175 e. The van der Waals surface area contributed by atoms with Crippen molar-refractivity contribution >= 4 is 23.3 Å². The minimum atomic E-state index is -0.482. The first kappa shape index (κ1) is 17.7. The highest BCUT2D eigenvalue weighted by Crippen LogP contribution is 2.46. The van der Waals surface area contributed by atoms with E-state index in [-0.39, 0.29) is 0 Å². The second-order valence-electron chi connectivity index (χ2n) is 7.16. The normalized spacial score (nSPS) is 11.6. The molecule has 0 aliphatic rings. The number of aromatic amines is 2. The van der Waals surface area contributed by atoms with Crippen LogP contribution in [-0.4, -0.2) is 9.97 Å². The van der Waals surface area contributed by atoms with Gasteiger partial charge in [0.15, 0.2) is 4.77 Å². The Bertz CT molecular complexity index is 1210. The van der Waals surface area contributed by atoms with Crippen molar-refractivity contribution < 1.29 is 0 Å². The van der Waals surface area contributed by atoms with E-state index in [1.165, 1.54) is 22.3 Å². The van der Waals surface area contributed by atoms with Gasteiger partial charge in [0.1, 0.15) is 0 Å². The Morgan fingerprint density at radius 1 is 0.517 bits per heavy atom. The molecule has 0 fully saturated rings. The second kappa shape index (κ2) is 7.19. The summed E-state index contributed by atoms with van der Waals surface area (Å²) in [6, 6.07) is 38.4. The third-order valence-corrected chi connectivity index (χ3v) is 5.78. The molecule has 0 amide bonds. The largest absolute Gasteiger partial charge is 0.331 e. The van der Waals surface area contributed by atoms with Crippen LogP contribution in [0.5, 0.6) is 0 Å². The topological polar surface area (TPSA) is 31.6 Å². The third-order valence-electron chi connectivity index (χ3n) is 5.58. The van der Waals surface area contributed by atoms with Gasteiger partial charge >= 0.3 is 0 Å². The Morgan fingerprint density at radius 3 is 1.48 bits per heavy atom. The highest BCUT2D eigenvalue weighted by molar-refractivity contribution is 7.71. The van der Waals surface area contributed by atoms with Crippen LogP contribution >= 0.6 is 12.2 Å². The van der Waals surface area contributed by atoms with Gasteiger partial charge in [0, 0.05) is 0 Å². The van der Waals surface area contributed by atoms with E-state index in [1.807, 2.05) is 0 Å². The molecule has 0 saturated carbocycles. The van der Waals surface area contributed by atoms with Crippen molar-refractivity contribution in [2.75, 3.05) is 0 Å². The zero-order valence-electron chi connectivity index (χ0n) is 15.8. The first-order valence-electron chi connectivity index (χ1n) is 9.68. The number of para-hydroxylation sites is 1.